The average Bonchev–Trinajstić information content (AvgIpc) is 2.86. The first-order chi connectivity index (χ1) is 11.4. The number of anilines is 2. The minimum Gasteiger partial charge on any atom is -0.497 e. The lowest BCUT2D eigenvalue weighted by Gasteiger charge is -2.16. The molecule has 1 aromatic carbocycles. The lowest BCUT2D eigenvalue weighted by molar-refractivity contribution is 0.407. The molecule has 1 aliphatic heterocycles. The Hall–Kier alpha value is -2.08. The molecular weight excluding hydrogens is 322 g/mol. The molecular formula is C18H25N3O2S. The van der Waals surface area contributed by atoms with Gasteiger partial charge in [0.2, 0.25) is 0 Å². The second kappa shape index (κ2) is 7.66. The summed E-state index contributed by atoms with van der Waals surface area (Å²) in [7, 11) is 5.35. The number of thiol groups is 1. The van der Waals surface area contributed by atoms with Crippen molar-refractivity contribution in [2.75, 3.05) is 31.5 Å². The predicted molar refractivity (Wildman–Crippen MR) is 103 cm³/mol. The van der Waals surface area contributed by atoms with Gasteiger partial charge in [-0.1, -0.05) is 0 Å². The number of pyridine rings is 1. The zero-order chi connectivity index (χ0) is 17.9. The summed E-state index contributed by atoms with van der Waals surface area (Å²) in [6, 6.07) is 5.94. The lowest BCUT2D eigenvalue weighted by Crippen LogP contribution is -2.26. The van der Waals surface area contributed by atoms with E-state index in [9.17, 15) is 0 Å². The second-order valence-electron chi connectivity index (χ2n) is 5.70. The predicted octanol–water partition coefficient (Wildman–Crippen LogP) is 3.79. The molecule has 6 heteroatoms. The van der Waals surface area contributed by atoms with Gasteiger partial charge in [0.15, 0.2) is 0 Å². The highest BCUT2D eigenvalue weighted by molar-refractivity contribution is 7.81. The van der Waals surface area contributed by atoms with E-state index in [2.05, 4.69) is 27.8 Å². The number of nitrogens with zero attached hydrogens (tertiary/aromatic N) is 2. The molecule has 0 fully saturated rings. The van der Waals surface area contributed by atoms with Crippen LogP contribution in [0.3, 0.4) is 0 Å². The van der Waals surface area contributed by atoms with E-state index in [0.717, 1.165) is 39.7 Å². The van der Waals surface area contributed by atoms with Crippen LogP contribution in [-0.4, -0.2) is 31.7 Å². The number of aromatic nitrogens is 1. The molecule has 1 aromatic heterocycles. The van der Waals surface area contributed by atoms with Gasteiger partial charge < -0.3 is 19.7 Å². The van der Waals surface area contributed by atoms with Crippen LogP contribution in [0.15, 0.2) is 24.4 Å². The van der Waals surface area contributed by atoms with Gasteiger partial charge in [-0.25, -0.2) is 0 Å². The van der Waals surface area contributed by atoms with Crippen molar-refractivity contribution in [3.05, 3.63) is 41.2 Å². The summed E-state index contributed by atoms with van der Waals surface area (Å²) >= 11 is 4.37. The smallest absolute Gasteiger partial charge is 0.145 e. The fourth-order valence-electron chi connectivity index (χ4n) is 2.54. The van der Waals surface area contributed by atoms with Crippen LogP contribution >= 0.6 is 12.6 Å². The maximum Gasteiger partial charge on any atom is 0.145 e. The van der Waals surface area contributed by atoms with Crippen molar-refractivity contribution in [1.29, 1.82) is 0 Å². The number of nitrogens with one attached hydrogen (secondary N) is 1. The largest absolute Gasteiger partial charge is 0.497 e. The Balaban J connectivity index is 0.000000177. The van der Waals surface area contributed by atoms with Gasteiger partial charge in [0, 0.05) is 36.1 Å². The topological polar surface area (TPSA) is 46.6 Å². The van der Waals surface area contributed by atoms with Gasteiger partial charge in [0.25, 0.3) is 0 Å². The first-order valence-electron chi connectivity index (χ1n) is 7.71. The molecule has 0 bridgehead atoms. The van der Waals surface area contributed by atoms with Crippen LogP contribution in [0.2, 0.25) is 0 Å². The second-order valence-corrected chi connectivity index (χ2v) is 6.19. The zero-order valence-electron chi connectivity index (χ0n) is 15.0. The van der Waals surface area contributed by atoms with E-state index in [1.807, 2.05) is 52.2 Å². The van der Waals surface area contributed by atoms with Crippen molar-refractivity contribution in [3.63, 3.8) is 0 Å². The van der Waals surface area contributed by atoms with E-state index < -0.39 is 0 Å². The van der Waals surface area contributed by atoms with Crippen LogP contribution in [0.4, 0.5) is 11.4 Å². The average molecular weight is 347 g/mol. The molecule has 5 nitrogen and oxygen atoms in total. The number of hydrogen-bond donors (Lipinski definition) is 2. The van der Waals surface area contributed by atoms with Crippen molar-refractivity contribution in [2.45, 2.75) is 26.3 Å². The SMILES string of the molecule is COc1c(C)cnc(C)c1C.COc1ccc2c(c1)N(C)C(S)N2. The maximum absolute atomic E-state index is 5.22. The van der Waals surface area contributed by atoms with Crippen molar-refractivity contribution in [1.82, 2.24) is 4.98 Å². The molecule has 1 aliphatic rings. The van der Waals surface area contributed by atoms with Gasteiger partial charge in [-0.2, -0.15) is 0 Å². The third-order valence-electron chi connectivity index (χ3n) is 4.13. The van der Waals surface area contributed by atoms with Gasteiger partial charge in [-0.3, -0.25) is 4.98 Å². The molecule has 0 radical (unpaired) electrons. The standard InChI is InChI=1S/C9H12N2OS.C9H13NO/c1-11-8-5-6(12-2)3-4-7(8)10-9(11)13;1-6-5-10-8(3)7(2)9(6)11-4/h3-5,9-10,13H,1-2H3;5H,1-4H3. The highest BCUT2D eigenvalue weighted by Crippen LogP contribution is 2.36. The van der Waals surface area contributed by atoms with Crippen LogP contribution < -0.4 is 19.7 Å². The Labute approximate surface area is 149 Å². The number of fused-ring (bicyclic) bond motifs is 1. The fourth-order valence-corrected chi connectivity index (χ4v) is 2.81. The van der Waals surface area contributed by atoms with Crippen molar-refractivity contribution >= 4 is 24.0 Å². The summed E-state index contributed by atoms with van der Waals surface area (Å²) in [4.78, 5) is 6.26. The molecule has 24 heavy (non-hydrogen) atoms. The van der Waals surface area contributed by atoms with Crippen LogP contribution in [0.1, 0.15) is 16.8 Å². The van der Waals surface area contributed by atoms with Crippen molar-refractivity contribution in [2.24, 2.45) is 0 Å². The third kappa shape index (κ3) is 3.70. The molecule has 0 spiro atoms. The highest BCUT2D eigenvalue weighted by Gasteiger charge is 2.22. The lowest BCUT2D eigenvalue weighted by atomic mass is 10.1. The Kier molecular flexibility index (Phi) is 5.83. The van der Waals surface area contributed by atoms with E-state index in [-0.39, 0.29) is 5.50 Å². The molecule has 2 heterocycles. The van der Waals surface area contributed by atoms with E-state index in [4.69, 9.17) is 9.47 Å². The molecule has 1 atom stereocenters. The Morgan fingerprint density at radius 2 is 1.88 bits per heavy atom. The summed E-state index contributed by atoms with van der Waals surface area (Å²) < 4.78 is 10.4. The summed E-state index contributed by atoms with van der Waals surface area (Å²) in [5, 5.41) is 3.23. The van der Waals surface area contributed by atoms with Crippen LogP contribution in [0.25, 0.3) is 0 Å². The number of benzene rings is 1. The monoisotopic (exact) mass is 347 g/mol. The molecule has 0 aliphatic carbocycles. The number of rotatable bonds is 2. The van der Waals surface area contributed by atoms with Crippen molar-refractivity contribution in [3.8, 4) is 11.5 Å². The van der Waals surface area contributed by atoms with Gasteiger partial charge in [0.05, 0.1) is 25.6 Å². The fraction of sp³-hybridized carbons (Fsp3) is 0.389. The minimum atomic E-state index is 0.0575. The Bertz CT molecular complexity index is 722. The minimum absolute atomic E-state index is 0.0575. The number of aryl methyl sites for hydroxylation is 2. The zero-order valence-corrected chi connectivity index (χ0v) is 15.9. The molecule has 2 aromatic rings. The van der Waals surface area contributed by atoms with Gasteiger partial charge in [-0.05, 0) is 32.9 Å². The first kappa shape index (κ1) is 18.3. The van der Waals surface area contributed by atoms with Crippen LogP contribution in [0.5, 0.6) is 11.5 Å². The number of methoxy groups -OCH3 is 2. The summed E-state index contributed by atoms with van der Waals surface area (Å²) in [6.45, 7) is 6.00. The molecule has 0 amide bonds. The molecule has 3 rings (SSSR count). The summed E-state index contributed by atoms with van der Waals surface area (Å²) in [6.07, 6.45) is 1.83. The summed E-state index contributed by atoms with van der Waals surface area (Å²) in [5.41, 5.74) is 5.54. The number of ether oxygens (including phenoxy) is 2. The third-order valence-corrected chi connectivity index (χ3v) is 4.61. The van der Waals surface area contributed by atoms with Crippen molar-refractivity contribution < 1.29 is 9.47 Å². The first-order valence-corrected chi connectivity index (χ1v) is 8.23. The van der Waals surface area contributed by atoms with Crippen LogP contribution in [0, 0.1) is 20.8 Å². The van der Waals surface area contributed by atoms with E-state index in [1.54, 1.807) is 14.2 Å². The van der Waals surface area contributed by atoms with E-state index in [1.165, 1.54) is 0 Å². The van der Waals surface area contributed by atoms with Gasteiger partial charge in [-0.15, -0.1) is 12.6 Å². The maximum atomic E-state index is 5.22. The normalized spacial score (nSPS) is 15.1. The quantitative estimate of drug-likeness (QED) is 0.810. The molecule has 1 N–H and O–H groups in total. The molecule has 1 unspecified atom stereocenters. The van der Waals surface area contributed by atoms with Gasteiger partial charge in [0.1, 0.15) is 17.0 Å². The van der Waals surface area contributed by atoms with Crippen LogP contribution in [-0.2, 0) is 0 Å². The molecule has 130 valence electrons. The highest BCUT2D eigenvalue weighted by atomic mass is 32.1. The van der Waals surface area contributed by atoms with E-state index >= 15 is 0 Å². The molecule has 0 saturated heterocycles. The Morgan fingerprint density at radius 3 is 2.46 bits per heavy atom. The van der Waals surface area contributed by atoms with E-state index in [0.29, 0.717) is 0 Å². The Morgan fingerprint density at radius 1 is 1.17 bits per heavy atom. The number of hydrogen-bond acceptors (Lipinski definition) is 6. The molecule has 0 saturated carbocycles. The summed E-state index contributed by atoms with van der Waals surface area (Å²) in [5.74, 6) is 1.83. The van der Waals surface area contributed by atoms with Gasteiger partial charge >= 0.3 is 0 Å².